The minimum Gasteiger partial charge on any atom is -0.423 e. The number of hydrogen-bond acceptors (Lipinski definition) is 2. The maximum Gasteiger partial charge on any atom is 0.343 e. The standard InChI is InChI=1S/C17H18O2/c1-12(2)14-7-9-16(10-8-14)19-17(18)15-6-4-5-13(3)11-15/h4-12H,1-3H3. The van der Waals surface area contributed by atoms with Gasteiger partial charge in [0.2, 0.25) is 0 Å². The smallest absolute Gasteiger partial charge is 0.343 e. The van der Waals surface area contributed by atoms with E-state index in [-0.39, 0.29) is 5.97 Å². The summed E-state index contributed by atoms with van der Waals surface area (Å²) in [5.74, 6) is 0.735. The molecule has 0 N–H and O–H groups in total. The number of carbonyl (C=O) groups is 1. The topological polar surface area (TPSA) is 26.3 Å². The van der Waals surface area contributed by atoms with E-state index in [1.165, 1.54) is 5.56 Å². The third-order valence-corrected chi connectivity index (χ3v) is 3.01. The molecule has 0 radical (unpaired) electrons. The van der Waals surface area contributed by atoms with Crippen LogP contribution in [-0.4, -0.2) is 5.97 Å². The summed E-state index contributed by atoms with van der Waals surface area (Å²) in [6, 6.07) is 15.0. The van der Waals surface area contributed by atoms with Gasteiger partial charge in [0.05, 0.1) is 5.56 Å². The van der Waals surface area contributed by atoms with Crippen LogP contribution in [0.2, 0.25) is 0 Å². The Morgan fingerprint density at radius 2 is 1.74 bits per heavy atom. The van der Waals surface area contributed by atoms with E-state index in [4.69, 9.17) is 4.74 Å². The van der Waals surface area contributed by atoms with Gasteiger partial charge in [-0.2, -0.15) is 0 Å². The van der Waals surface area contributed by atoms with Gasteiger partial charge in [-0.25, -0.2) is 4.79 Å². The maximum absolute atomic E-state index is 12.0. The molecule has 2 heteroatoms. The minimum atomic E-state index is -0.319. The molecule has 2 nitrogen and oxygen atoms in total. The zero-order valence-electron chi connectivity index (χ0n) is 11.5. The highest BCUT2D eigenvalue weighted by atomic mass is 16.5. The first-order valence-electron chi connectivity index (χ1n) is 6.45. The molecule has 0 amide bonds. The lowest BCUT2D eigenvalue weighted by Gasteiger charge is -2.08. The normalized spacial score (nSPS) is 10.5. The molecule has 19 heavy (non-hydrogen) atoms. The van der Waals surface area contributed by atoms with Crippen molar-refractivity contribution in [3.05, 3.63) is 65.2 Å². The van der Waals surface area contributed by atoms with Gasteiger partial charge in [-0.05, 0) is 42.7 Å². The van der Waals surface area contributed by atoms with Gasteiger partial charge in [0.1, 0.15) is 5.75 Å². The molecule has 0 saturated carbocycles. The van der Waals surface area contributed by atoms with Crippen molar-refractivity contribution < 1.29 is 9.53 Å². The fraction of sp³-hybridized carbons (Fsp3) is 0.235. The predicted molar refractivity (Wildman–Crippen MR) is 76.7 cm³/mol. The molecule has 0 bridgehead atoms. The van der Waals surface area contributed by atoms with Gasteiger partial charge in [0.15, 0.2) is 0 Å². The number of rotatable bonds is 3. The third kappa shape index (κ3) is 3.44. The highest BCUT2D eigenvalue weighted by Crippen LogP contribution is 2.19. The summed E-state index contributed by atoms with van der Waals surface area (Å²) < 4.78 is 5.35. The van der Waals surface area contributed by atoms with E-state index in [1.807, 2.05) is 49.4 Å². The van der Waals surface area contributed by atoms with Crippen molar-refractivity contribution in [2.45, 2.75) is 26.7 Å². The summed E-state index contributed by atoms with van der Waals surface area (Å²) in [7, 11) is 0. The molecule has 0 spiro atoms. The van der Waals surface area contributed by atoms with Crippen LogP contribution in [0, 0.1) is 6.92 Å². The second-order valence-electron chi connectivity index (χ2n) is 4.98. The summed E-state index contributed by atoms with van der Waals surface area (Å²) in [6.07, 6.45) is 0. The van der Waals surface area contributed by atoms with Crippen LogP contribution in [0.5, 0.6) is 5.75 Å². The van der Waals surface area contributed by atoms with Crippen LogP contribution in [0.25, 0.3) is 0 Å². The molecule has 2 aromatic carbocycles. The Hall–Kier alpha value is -2.09. The fourth-order valence-electron chi connectivity index (χ4n) is 1.86. The molecule has 0 heterocycles. The van der Waals surface area contributed by atoms with Crippen LogP contribution in [0.3, 0.4) is 0 Å². The Morgan fingerprint density at radius 1 is 1.05 bits per heavy atom. The lowest BCUT2D eigenvalue weighted by molar-refractivity contribution is 0.0734. The lowest BCUT2D eigenvalue weighted by Crippen LogP contribution is -2.08. The average molecular weight is 254 g/mol. The molecule has 0 aliphatic heterocycles. The highest BCUT2D eigenvalue weighted by molar-refractivity contribution is 5.91. The number of ether oxygens (including phenoxy) is 1. The summed E-state index contributed by atoms with van der Waals surface area (Å²) in [5, 5.41) is 0. The molecule has 0 unspecified atom stereocenters. The Balaban J connectivity index is 2.10. The molecule has 0 aliphatic rings. The van der Waals surface area contributed by atoms with E-state index in [0.29, 0.717) is 17.2 Å². The van der Waals surface area contributed by atoms with E-state index < -0.39 is 0 Å². The summed E-state index contributed by atoms with van der Waals surface area (Å²) in [5.41, 5.74) is 2.85. The first-order valence-corrected chi connectivity index (χ1v) is 6.45. The number of hydrogen-bond donors (Lipinski definition) is 0. The SMILES string of the molecule is Cc1cccc(C(=O)Oc2ccc(C(C)C)cc2)c1. The second kappa shape index (κ2) is 5.70. The van der Waals surface area contributed by atoms with E-state index >= 15 is 0 Å². The summed E-state index contributed by atoms with van der Waals surface area (Å²) >= 11 is 0. The molecule has 98 valence electrons. The lowest BCUT2D eigenvalue weighted by atomic mass is 10.0. The Bertz CT molecular complexity index is 568. The van der Waals surface area contributed by atoms with Crippen LogP contribution in [0.1, 0.15) is 41.3 Å². The van der Waals surface area contributed by atoms with Gasteiger partial charge in [0, 0.05) is 0 Å². The predicted octanol–water partition coefficient (Wildman–Crippen LogP) is 4.34. The van der Waals surface area contributed by atoms with Crippen molar-refractivity contribution >= 4 is 5.97 Å². The molecule has 2 rings (SSSR count). The minimum absolute atomic E-state index is 0.319. The van der Waals surface area contributed by atoms with Crippen molar-refractivity contribution in [3.8, 4) is 5.75 Å². The van der Waals surface area contributed by atoms with Crippen molar-refractivity contribution in [2.75, 3.05) is 0 Å². The van der Waals surface area contributed by atoms with E-state index in [2.05, 4.69) is 13.8 Å². The molecule has 0 saturated heterocycles. The Morgan fingerprint density at radius 3 is 2.32 bits per heavy atom. The third-order valence-electron chi connectivity index (χ3n) is 3.01. The Kier molecular flexibility index (Phi) is 4.00. The monoisotopic (exact) mass is 254 g/mol. The van der Waals surface area contributed by atoms with Crippen LogP contribution in [-0.2, 0) is 0 Å². The summed E-state index contributed by atoms with van der Waals surface area (Å²) in [4.78, 5) is 12.0. The van der Waals surface area contributed by atoms with Crippen molar-refractivity contribution in [1.29, 1.82) is 0 Å². The Labute approximate surface area is 114 Å². The van der Waals surface area contributed by atoms with Gasteiger partial charge in [-0.1, -0.05) is 43.7 Å². The van der Waals surface area contributed by atoms with E-state index in [0.717, 1.165) is 5.56 Å². The number of carbonyl (C=O) groups excluding carboxylic acids is 1. The fourth-order valence-corrected chi connectivity index (χ4v) is 1.86. The van der Waals surface area contributed by atoms with Gasteiger partial charge in [-0.3, -0.25) is 0 Å². The number of benzene rings is 2. The molecule has 2 aromatic rings. The van der Waals surface area contributed by atoms with Crippen molar-refractivity contribution in [1.82, 2.24) is 0 Å². The highest BCUT2D eigenvalue weighted by Gasteiger charge is 2.08. The van der Waals surface area contributed by atoms with Gasteiger partial charge >= 0.3 is 5.97 Å². The van der Waals surface area contributed by atoms with E-state index in [9.17, 15) is 4.79 Å². The van der Waals surface area contributed by atoms with Gasteiger partial charge < -0.3 is 4.74 Å². The number of esters is 1. The van der Waals surface area contributed by atoms with Gasteiger partial charge in [0.25, 0.3) is 0 Å². The molecule has 0 aliphatic carbocycles. The first-order chi connectivity index (χ1) is 9.06. The molecule has 0 aromatic heterocycles. The second-order valence-corrected chi connectivity index (χ2v) is 4.98. The molecular weight excluding hydrogens is 236 g/mol. The van der Waals surface area contributed by atoms with E-state index in [1.54, 1.807) is 6.07 Å². The summed E-state index contributed by atoms with van der Waals surface area (Å²) in [6.45, 7) is 6.22. The quantitative estimate of drug-likeness (QED) is 0.601. The first kappa shape index (κ1) is 13.3. The van der Waals surface area contributed by atoms with Gasteiger partial charge in [-0.15, -0.1) is 0 Å². The maximum atomic E-state index is 12.0. The van der Waals surface area contributed by atoms with Crippen LogP contribution in [0.15, 0.2) is 48.5 Å². The van der Waals surface area contributed by atoms with Crippen molar-refractivity contribution in [3.63, 3.8) is 0 Å². The average Bonchev–Trinajstić information content (AvgIpc) is 2.39. The largest absolute Gasteiger partial charge is 0.423 e. The molecule has 0 fully saturated rings. The van der Waals surface area contributed by atoms with Crippen molar-refractivity contribution in [2.24, 2.45) is 0 Å². The molecular formula is C17H18O2. The zero-order valence-corrected chi connectivity index (χ0v) is 11.5. The van der Waals surface area contributed by atoms with Crippen LogP contribution >= 0.6 is 0 Å². The number of aryl methyl sites for hydroxylation is 1. The molecule has 0 atom stereocenters. The zero-order chi connectivity index (χ0) is 13.8. The van der Waals surface area contributed by atoms with Crippen LogP contribution < -0.4 is 4.74 Å². The van der Waals surface area contributed by atoms with Crippen LogP contribution in [0.4, 0.5) is 0 Å².